The van der Waals surface area contributed by atoms with Gasteiger partial charge in [0.15, 0.2) is 0 Å². The molecule has 0 aliphatic carbocycles. The second kappa shape index (κ2) is 19.6. The third-order valence-corrected chi connectivity index (χ3v) is 5.74. The van der Waals surface area contributed by atoms with Crippen molar-refractivity contribution in [1.82, 2.24) is 4.90 Å². The highest BCUT2D eigenvalue weighted by Crippen LogP contribution is 2.50. The van der Waals surface area contributed by atoms with Gasteiger partial charge in [-0.1, -0.05) is 27.2 Å². The van der Waals surface area contributed by atoms with Crippen LogP contribution in [0.25, 0.3) is 0 Å². The highest BCUT2D eigenvalue weighted by Gasteiger charge is 2.29. The van der Waals surface area contributed by atoms with Crippen molar-refractivity contribution in [2.45, 2.75) is 65.3 Å². The summed E-state index contributed by atoms with van der Waals surface area (Å²) in [7, 11) is -2.79. The fraction of sp³-hybridized carbons (Fsp3) is 0.810. The third kappa shape index (κ3) is 15.4. The molecule has 1 atom stereocenters. The maximum Gasteiger partial charge on any atom is 0.508 e. The summed E-state index contributed by atoms with van der Waals surface area (Å²) in [6.07, 6.45) is 0.809. The summed E-state index contributed by atoms with van der Waals surface area (Å²) in [6, 6.07) is -0.989. The highest BCUT2D eigenvalue weighted by molar-refractivity contribution is 7.52. The zero-order valence-electron chi connectivity index (χ0n) is 21.5. The van der Waals surface area contributed by atoms with Crippen molar-refractivity contribution < 1.29 is 52.1 Å². The number of guanidine groups is 1. The zero-order valence-corrected chi connectivity index (χ0v) is 22.4. The van der Waals surface area contributed by atoms with E-state index in [0.29, 0.717) is 19.3 Å². The van der Waals surface area contributed by atoms with Gasteiger partial charge in [0.05, 0.1) is 39.6 Å². The summed E-state index contributed by atoms with van der Waals surface area (Å²) in [5, 5.41) is 9.43. The lowest BCUT2D eigenvalue weighted by Gasteiger charge is -2.26. The van der Waals surface area contributed by atoms with Crippen molar-refractivity contribution in [2.75, 3.05) is 46.7 Å². The number of carboxylic acids is 1. The SMILES string of the molecule is CCCOC(=O)OCCCOP(=O)(N=C(N)N(C)C(CCC)C(=O)O)OCCCOC(=O)OCCC. The van der Waals surface area contributed by atoms with Crippen LogP contribution < -0.4 is 5.73 Å². The molecule has 0 amide bonds. The van der Waals surface area contributed by atoms with Gasteiger partial charge >= 0.3 is 26.0 Å². The molecule has 0 saturated carbocycles. The molecule has 0 radical (unpaired) electrons. The topological polar surface area (TPSA) is 186 Å². The number of hydrogen-bond acceptors (Lipinski definition) is 10. The van der Waals surface area contributed by atoms with Gasteiger partial charge in [-0.15, -0.1) is 4.76 Å². The number of carbonyl (C=O) groups is 3. The first kappa shape index (κ1) is 33.4. The average Bonchev–Trinajstić information content (AvgIpc) is 2.83. The predicted molar refractivity (Wildman–Crippen MR) is 130 cm³/mol. The van der Waals surface area contributed by atoms with Crippen LogP contribution in [0.1, 0.15) is 59.3 Å². The molecular weight excluding hydrogens is 501 g/mol. The molecule has 0 saturated heterocycles. The summed E-state index contributed by atoms with van der Waals surface area (Å²) in [4.78, 5) is 35.4. The molecule has 210 valence electrons. The standard InChI is InChI=1S/C21H40N3O11P/c1-5-10-17(18(25)26)24(4)19(22)23-36(29,34-15-8-13-32-20(27)30-11-6-2)35-16-9-14-33-21(28)31-12-7-3/h17H,5-16H2,1-4H3,(H,25,26)(H2,22,23,29). The Balaban J connectivity index is 5.05. The zero-order chi connectivity index (χ0) is 27.4. The molecule has 0 bridgehead atoms. The molecule has 0 rings (SSSR count). The van der Waals surface area contributed by atoms with Crippen LogP contribution in [0.2, 0.25) is 0 Å². The molecule has 36 heavy (non-hydrogen) atoms. The average molecular weight is 542 g/mol. The lowest BCUT2D eigenvalue weighted by atomic mass is 10.1. The monoisotopic (exact) mass is 541 g/mol. The van der Waals surface area contributed by atoms with Gasteiger partial charge in [-0.25, -0.2) is 18.9 Å². The van der Waals surface area contributed by atoms with Crippen molar-refractivity contribution in [1.29, 1.82) is 0 Å². The van der Waals surface area contributed by atoms with Crippen molar-refractivity contribution >= 4 is 32.0 Å². The minimum absolute atomic E-state index is 0.0626. The van der Waals surface area contributed by atoms with E-state index < -0.39 is 32.1 Å². The lowest BCUT2D eigenvalue weighted by Crippen LogP contribution is -2.46. The molecule has 0 heterocycles. The number of nitrogens with two attached hydrogens (primary N) is 1. The molecular formula is C21H40N3O11P. The van der Waals surface area contributed by atoms with Crippen LogP contribution in [0.3, 0.4) is 0 Å². The first-order valence-corrected chi connectivity index (χ1v) is 13.4. The van der Waals surface area contributed by atoms with Crippen molar-refractivity contribution in [3.8, 4) is 0 Å². The minimum Gasteiger partial charge on any atom is -0.480 e. The Hall–Kier alpha value is -2.57. The highest BCUT2D eigenvalue weighted by atomic mass is 31.2. The minimum atomic E-state index is -4.20. The molecule has 0 aromatic rings. The number of likely N-dealkylation sites (N-methyl/N-ethyl adjacent to an activating group) is 1. The van der Waals surface area contributed by atoms with E-state index in [2.05, 4.69) is 4.76 Å². The van der Waals surface area contributed by atoms with Crippen LogP contribution >= 0.6 is 7.75 Å². The Morgan fingerprint density at radius 2 is 1.28 bits per heavy atom. The molecule has 0 spiro atoms. The number of nitrogens with zero attached hydrogens (tertiary/aromatic N) is 2. The van der Waals surface area contributed by atoms with Gasteiger partial charge in [0.25, 0.3) is 0 Å². The number of ether oxygens (including phenoxy) is 4. The van der Waals surface area contributed by atoms with E-state index >= 15 is 0 Å². The van der Waals surface area contributed by atoms with E-state index in [0.717, 1.165) is 0 Å². The molecule has 0 aliphatic rings. The van der Waals surface area contributed by atoms with E-state index in [1.165, 1.54) is 11.9 Å². The second-order valence-electron chi connectivity index (χ2n) is 7.45. The summed E-state index contributed by atoms with van der Waals surface area (Å²) < 4.78 is 47.0. The largest absolute Gasteiger partial charge is 0.508 e. The van der Waals surface area contributed by atoms with Crippen LogP contribution in [0.15, 0.2) is 4.76 Å². The van der Waals surface area contributed by atoms with Gasteiger partial charge in [-0.3, -0.25) is 9.05 Å². The van der Waals surface area contributed by atoms with Gasteiger partial charge in [0.2, 0.25) is 5.96 Å². The summed E-state index contributed by atoms with van der Waals surface area (Å²) in [5.41, 5.74) is 5.91. The van der Waals surface area contributed by atoms with E-state index in [-0.39, 0.29) is 64.9 Å². The summed E-state index contributed by atoms with van der Waals surface area (Å²) in [6.45, 7) is 5.49. The Labute approximate surface area is 212 Å². The van der Waals surface area contributed by atoms with Crippen molar-refractivity contribution in [3.63, 3.8) is 0 Å². The maximum absolute atomic E-state index is 13.2. The van der Waals surface area contributed by atoms with Crippen molar-refractivity contribution in [2.24, 2.45) is 10.5 Å². The van der Waals surface area contributed by atoms with Crippen LogP contribution in [-0.4, -0.2) is 87.0 Å². The summed E-state index contributed by atoms with van der Waals surface area (Å²) in [5.74, 6) is -1.47. The fourth-order valence-electron chi connectivity index (χ4n) is 2.45. The molecule has 0 aromatic heterocycles. The fourth-order valence-corrected chi connectivity index (χ4v) is 3.75. The third-order valence-electron chi connectivity index (χ3n) is 4.28. The van der Waals surface area contributed by atoms with Gasteiger partial charge in [0.1, 0.15) is 6.04 Å². The Morgan fingerprint density at radius 3 is 1.67 bits per heavy atom. The van der Waals surface area contributed by atoms with Gasteiger partial charge in [-0.05, 0) is 19.3 Å². The van der Waals surface area contributed by atoms with Crippen LogP contribution in [0, 0.1) is 0 Å². The molecule has 0 aromatic carbocycles. The van der Waals surface area contributed by atoms with E-state index in [4.69, 9.17) is 33.7 Å². The Bertz CT molecular complexity index is 702. The number of hydrogen-bond donors (Lipinski definition) is 2. The molecule has 0 aliphatic heterocycles. The number of carboxylic acid groups (broad SMARTS) is 1. The summed E-state index contributed by atoms with van der Waals surface area (Å²) >= 11 is 0. The first-order chi connectivity index (χ1) is 17.1. The Kier molecular flexibility index (Phi) is 18.2. The molecule has 1 unspecified atom stereocenters. The van der Waals surface area contributed by atoms with E-state index in [1.807, 2.05) is 20.8 Å². The van der Waals surface area contributed by atoms with Crippen LogP contribution in [0.5, 0.6) is 0 Å². The van der Waals surface area contributed by atoms with E-state index in [9.17, 15) is 24.1 Å². The molecule has 0 fully saturated rings. The van der Waals surface area contributed by atoms with Gasteiger partial charge in [0, 0.05) is 19.9 Å². The lowest BCUT2D eigenvalue weighted by molar-refractivity contribution is -0.141. The smallest absolute Gasteiger partial charge is 0.480 e. The molecule has 3 N–H and O–H groups in total. The predicted octanol–water partition coefficient (Wildman–Crippen LogP) is 3.53. The van der Waals surface area contributed by atoms with Gasteiger partial charge < -0.3 is 34.7 Å². The second-order valence-corrected chi connectivity index (χ2v) is 9.10. The Morgan fingerprint density at radius 1 is 0.833 bits per heavy atom. The first-order valence-electron chi connectivity index (χ1n) is 11.9. The molecule has 15 heteroatoms. The van der Waals surface area contributed by atoms with Gasteiger partial charge in [-0.2, -0.15) is 0 Å². The quantitative estimate of drug-likeness (QED) is 0.0796. The normalized spacial score (nSPS) is 12.5. The molecule has 14 nitrogen and oxygen atoms in total. The van der Waals surface area contributed by atoms with Crippen LogP contribution in [0.4, 0.5) is 9.59 Å². The van der Waals surface area contributed by atoms with Crippen molar-refractivity contribution in [3.05, 3.63) is 0 Å². The number of rotatable bonds is 19. The van der Waals surface area contributed by atoms with Crippen LogP contribution in [-0.2, 0) is 37.4 Å². The van der Waals surface area contributed by atoms with E-state index in [1.54, 1.807) is 0 Å². The maximum atomic E-state index is 13.2. The number of aliphatic carboxylic acids is 1. The number of carbonyl (C=O) groups excluding carboxylic acids is 2.